The summed E-state index contributed by atoms with van der Waals surface area (Å²) < 4.78 is 11.0. The zero-order valence-electron chi connectivity index (χ0n) is 14.3. The van der Waals surface area contributed by atoms with Gasteiger partial charge in [-0.05, 0) is 38.2 Å². The quantitative estimate of drug-likeness (QED) is 0.595. The molecule has 0 amide bonds. The number of nitrogens with one attached hydrogen (secondary N) is 2. The normalized spacial score (nSPS) is 17.1. The van der Waals surface area contributed by atoms with E-state index in [1.807, 2.05) is 25.3 Å². The van der Waals surface area contributed by atoms with Crippen LogP contribution in [0.4, 0.5) is 0 Å². The predicted molar refractivity (Wildman–Crippen MR) is 91.8 cm³/mol. The van der Waals surface area contributed by atoms with Gasteiger partial charge in [0.25, 0.3) is 0 Å². The van der Waals surface area contributed by atoms with Crippen LogP contribution in [0.2, 0.25) is 0 Å². The van der Waals surface area contributed by atoms with E-state index in [-0.39, 0.29) is 6.04 Å². The number of guanidine groups is 1. The number of rotatable bonds is 7. The molecular weight excluding hydrogens is 292 g/mol. The minimum absolute atomic E-state index is 0.200. The highest BCUT2D eigenvalue weighted by atomic mass is 16.5. The van der Waals surface area contributed by atoms with E-state index >= 15 is 0 Å². The highest BCUT2D eigenvalue weighted by molar-refractivity contribution is 5.79. The van der Waals surface area contributed by atoms with Crippen molar-refractivity contribution in [3.63, 3.8) is 0 Å². The fourth-order valence-corrected chi connectivity index (χ4v) is 2.67. The Morgan fingerprint density at radius 3 is 2.78 bits per heavy atom. The average Bonchev–Trinajstić information content (AvgIpc) is 3.06. The molecule has 1 unspecified atom stereocenters. The third-order valence-electron chi connectivity index (χ3n) is 3.87. The molecule has 2 rings (SSSR count). The number of pyridine rings is 1. The zero-order chi connectivity index (χ0) is 16.5. The number of aliphatic imine (C=N–C) groups is 1. The fourth-order valence-electron chi connectivity index (χ4n) is 2.67. The van der Waals surface area contributed by atoms with Crippen LogP contribution in [0.3, 0.4) is 0 Å². The molecule has 23 heavy (non-hydrogen) atoms. The Morgan fingerprint density at radius 1 is 1.39 bits per heavy atom. The van der Waals surface area contributed by atoms with Crippen molar-refractivity contribution in [2.45, 2.75) is 51.3 Å². The third-order valence-corrected chi connectivity index (χ3v) is 3.87. The van der Waals surface area contributed by atoms with E-state index in [1.54, 1.807) is 14.2 Å². The van der Waals surface area contributed by atoms with Gasteiger partial charge < -0.3 is 20.1 Å². The van der Waals surface area contributed by atoms with Crippen molar-refractivity contribution in [2.75, 3.05) is 20.8 Å². The zero-order valence-corrected chi connectivity index (χ0v) is 14.3. The van der Waals surface area contributed by atoms with Crippen molar-refractivity contribution in [3.05, 3.63) is 23.9 Å². The van der Waals surface area contributed by atoms with Gasteiger partial charge in [0, 0.05) is 39.0 Å². The summed E-state index contributed by atoms with van der Waals surface area (Å²) in [6.45, 7) is 3.35. The molecule has 6 nitrogen and oxygen atoms in total. The lowest BCUT2D eigenvalue weighted by atomic mass is 10.3. The van der Waals surface area contributed by atoms with Gasteiger partial charge in [0.2, 0.25) is 5.88 Å². The Hall–Kier alpha value is -1.82. The molecule has 1 aliphatic rings. The molecule has 1 aromatic heterocycles. The molecule has 1 saturated carbocycles. The van der Waals surface area contributed by atoms with Crippen molar-refractivity contribution in [3.8, 4) is 5.88 Å². The number of aromatic nitrogens is 1. The smallest absolute Gasteiger partial charge is 0.213 e. The number of nitrogens with zero attached hydrogens (tertiary/aromatic N) is 2. The van der Waals surface area contributed by atoms with Crippen LogP contribution in [0.5, 0.6) is 5.88 Å². The third kappa shape index (κ3) is 6.06. The van der Waals surface area contributed by atoms with Crippen molar-refractivity contribution in [1.82, 2.24) is 15.6 Å². The second-order valence-electron chi connectivity index (χ2n) is 5.96. The van der Waals surface area contributed by atoms with Crippen LogP contribution >= 0.6 is 0 Å². The maximum Gasteiger partial charge on any atom is 0.213 e. The molecule has 0 aromatic carbocycles. The molecular formula is C17H28N4O2. The van der Waals surface area contributed by atoms with Crippen LogP contribution in [0.15, 0.2) is 23.3 Å². The maximum atomic E-state index is 5.88. The highest BCUT2D eigenvalue weighted by Crippen LogP contribution is 2.22. The number of hydrogen-bond donors (Lipinski definition) is 2. The Morgan fingerprint density at radius 2 is 2.17 bits per heavy atom. The SMILES string of the molecule is CN=C(NCc1ccc(OC2CCCC2)nc1)NC(C)COC. The second-order valence-corrected chi connectivity index (χ2v) is 5.96. The van der Waals surface area contributed by atoms with Crippen molar-refractivity contribution in [2.24, 2.45) is 4.99 Å². The lowest BCUT2D eigenvalue weighted by molar-refractivity contribution is 0.179. The molecule has 128 valence electrons. The van der Waals surface area contributed by atoms with Gasteiger partial charge >= 0.3 is 0 Å². The first-order chi connectivity index (χ1) is 11.2. The van der Waals surface area contributed by atoms with E-state index in [9.17, 15) is 0 Å². The molecule has 0 saturated heterocycles. The molecule has 2 N–H and O–H groups in total. The first kappa shape index (κ1) is 17.5. The highest BCUT2D eigenvalue weighted by Gasteiger charge is 2.16. The topological polar surface area (TPSA) is 67.8 Å². The summed E-state index contributed by atoms with van der Waals surface area (Å²) in [5.74, 6) is 1.47. The lowest BCUT2D eigenvalue weighted by Gasteiger charge is -2.17. The van der Waals surface area contributed by atoms with Crippen LogP contribution < -0.4 is 15.4 Å². The van der Waals surface area contributed by atoms with Crippen LogP contribution in [0.25, 0.3) is 0 Å². The number of ether oxygens (including phenoxy) is 2. The van der Waals surface area contributed by atoms with Gasteiger partial charge in [-0.25, -0.2) is 4.98 Å². The standard InChI is InChI=1S/C17H28N4O2/c1-13(12-22-3)21-17(18-2)20-11-14-8-9-16(19-10-14)23-15-6-4-5-7-15/h8-10,13,15H,4-7,11-12H2,1-3H3,(H2,18,20,21). The molecule has 1 atom stereocenters. The minimum atomic E-state index is 0.200. The maximum absolute atomic E-state index is 5.88. The summed E-state index contributed by atoms with van der Waals surface area (Å²) in [5, 5.41) is 6.54. The van der Waals surface area contributed by atoms with E-state index in [0.29, 0.717) is 19.3 Å². The van der Waals surface area contributed by atoms with Gasteiger partial charge in [0.15, 0.2) is 5.96 Å². The van der Waals surface area contributed by atoms with Crippen molar-refractivity contribution in [1.29, 1.82) is 0 Å². The summed E-state index contributed by atoms with van der Waals surface area (Å²) in [6, 6.07) is 4.18. The summed E-state index contributed by atoms with van der Waals surface area (Å²) in [7, 11) is 3.45. The summed E-state index contributed by atoms with van der Waals surface area (Å²) in [5.41, 5.74) is 1.09. The van der Waals surface area contributed by atoms with Gasteiger partial charge in [0.05, 0.1) is 6.61 Å². The summed E-state index contributed by atoms with van der Waals surface area (Å²) >= 11 is 0. The van der Waals surface area contributed by atoms with E-state index in [4.69, 9.17) is 9.47 Å². The van der Waals surface area contributed by atoms with E-state index in [1.165, 1.54) is 12.8 Å². The molecule has 0 aliphatic heterocycles. The van der Waals surface area contributed by atoms with Gasteiger partial charge in [0.1, 0.15) is 6.10 Å². The van der Waals surface area contributed by atoms with Crippen molar-refractivity contribution >= 4 is 5.96 Å². The first-order valence-electron chi connectivity index (χ1n) is 8.29. The largest absolute Gasteiger partial charge is 0.474 e. The number of methoxy groups -OCH3 is 1. The van der Waals surface area contributed by atoms with Crippen LogP contribution in [-0.4, -0.2) is 43.9 Å². The predicted octanol–water partition coefficient (Wildman–Crippen LogP) is 2.10. The minimum Gasteiger partial charge on any atom is -0.474 e. The van der Waals surface area contributed by atoms with Crippen LogP contribution in [-0.2, 0) is 11.3 Å². The van der Waals surface area contributed by atoms with Crippen LogP contribution in [0.1, 0.15) is 38.2 Å². The molecule has 6 heteroatoms. The van der Waals surface area contributed by atoms with Gasteiger partial charge in [-0.1, -0.05) is 6.07 Å². The number of hydrogen-bond acceptors (Lipinski definition) is 4. The average molecular weight is 320 g/mol. The Bertz CT molecular complexity index is 484. The molecule has 1 aromatic rings. The molecule has 0 radical (unpaired) electrons. The Kier molecular flexibility index (Phi) is 7.13. The van der Waals surface area contributed by atoms with E-state index < -0.39 is 0 Å². The van der Waals surface area contributed by atoms with Crippen molar-refractivity contribution < 1.29 is 9.47 Å². The summed E-state index contributed by atoms with van der Waals surface area (Å²) in [6.07, 6.45) is 7.01. The molecule has 1 heterocycles. The fraction of sp³-hybridized carbons (Fsp3) is 0.647. The molecule has 1 fully saturated rings. The van der Waals surface area contributed by atoms with Gasteiger partial charge in [-0.3, -0.25) is 4.99 Å². The molecule has 0 spiro atoms. The second kappa shape index (κ2) is 9.35. The summed E-state index contributed by atoms with van der Waals surface area (Å²) in [4.78, 5) is 8.60. The molecule has 0 bridgehead atoms. The Labute approximate surface area is 138 Å². The van der Waals surface area contributed by atoms with Gasteiger partial charge in [-0.15, -0.1) is 0 Å². The van der Waals surface area contributed by atoms with E-state index in [2.05, 4.69) is 20.6 Å². The van der Waals surface area contributed by atoms with E-state index in [0.717, 1.165) is 30.2 Å². The monoisotopic (exact) mass is 320 g/mol. The van der Waals surface area contributed by atoms with Crippen LogP contribution in [0, 0.1) is 0 Å². The molecule has 1 aliphatic carbocycles. The Balaban J connectivity index is 1.78. The lowest BCUT2D eigenvalue weighted by Crippen LogP contribution is -2.43. The first-order valence-corrected chi connectivity index (χ1v) is 8.29. The van der Waals surface area contributed by atoms with Gasteiger partial charge in [-0.2, -0.15) is 0 Å².